The number of rotatable bonds is 2. The van der Waals surface area contributed by atoms with Crippen LogP contribution >= 0.6 is 0 Å². The van der Waals surface area contributed by atoms with Crippen LogP contribution in [-0.2, 0) is 12.8 Å². The van der Waals surface area contributed by atoms with Gasteiger partial charge in [-0.3, -0.25) is 0 Å². The number of alkyl halides is 3. The van der Waals surface area contributed by atoms with E-state index in [-0.39, 0.29) is 11.4 Å². The molecule has 2 N–H and O–H groups in total. The average molecular weight is 260 g/mol. The number of aromatic amines is 1. The summed E-state index contributed by atoms with van der Waals surface area (Å²) in [5, 5.41) is 9.00. The minimum atomic E-state index is -4.62. The summed E-state index contributed by atoms with van der Waals surface area (Å²) in [6.07, 6.45) is -4.62. The monoisotopic (exact) mass is 260 g/mol. The number of nitrogens with zero attached hydrogens (tertiary/aromatic N) is 1. The molecule has 1 aromatic carbocycles. The van der Waals surface area contributed by atoms with Crippen LogP contribution < -0.4 is 0 Å². The van der Waals surface area contributed by atoms with Crippen LogP contribution in [0.25, 0.3) is 11.3 Å². The molecule has 1 aromatic heterocycles. The van der Waals surface area contributed by atoms with Gasteiger partial charge in [-0.2, -0.15) is 13.2 Å². The molecule has 0 saturated carbocycles. The Morgan fingerprint density at radius 2 is 1.78 bits per heavy atom. The summed E-state index contributed by atoms with van der Waals surface area (Å²) >= 11 is 0. The number of benzene rings is 1. The molecule has 3 nitrogen and oxygen atoms in total. The lowest BCUT2D eigenvalue weighted by Crippen LogP contribution is -2.07. The van der Waals surface area contributed by atoms with Crippen molar-refractivity contribution >= 4 is 0 Å². The number of H-pyrrole nitrogens is 1. The summed E-state index contributed by atoms with van der Waals surface area (Å²) in [5.41, 5.74) is 0.200. The summed E-state index contributed by atoms with van der Waals surface area (Å²) in [5.74, 6) is -1.69. The minimum absolute atomic E-state index is 0.0372. The van der Waals surface area contributed by atoms with E-state index >= 15 is 0 Å². The van der Waals surface area contributed by atoms with Gasteiger partial charge < -0.3 is 10.1 Å². The van der Waals surface area contributed by atoms with Crippen LogP contribution in [0.4, 0.5) is 17.6 Å². The lowest BCUT2D eigenvalue weighted by Gasteiger charge is -2.00. The van der Waals surface area contributed by atoms with Crippen LogP contribution in [0.5, 0.6) is 0 Å². The number of aliphatic hydroxyl groups excluding tert-OH is 1. The number of nitrogens with one attached hydrogen (secondary N) is 1. The van der Waals surface area contributed by atoms with Crippen molar-refractivity contribution in [2.24, 2.45) is 0 Å². The van der Waals surface area contributed by atoms with Crippen molar-refractivity contribution in [3.63, 3.8) is 0 Å². The molecular formula is C11H8F4N2O. The second kappa shape index (κ2) is 4.41. The Morgan fingerprint density at radius 1 is 1.17 bits per heavy atom. The molecule has 96 valence electrons. The lowest BCUT2D eigenvalue weighted by molar-refractivity contribution is -0.144. The highest BCUT2D eigenvalue weighted by Gasteiger charge is 2.35. The first-order chi connectivity index (χ1) is 8.41. The molecule has 0 aliphatic carbocycles. The van der Waals surface area contributed by atoms with E-state index in [1.54, 1.807) is 0 Å². The molecule has 0 fully saturated rings. The molecule has 0 atom stereocenters. The Hall–Kier alpha value is -1.89. The molecular weight excluding hydrogens is 252 g/mol. The van der Waals surface area contributed by atoms with Crippen molar-refractivity contribution in [2.45, 2.75) is 12.8 Å². The summed E-state index contributed by atoms with van der Waals surface area (Å²) in [6, 6.07) is 4.81. The Morgan fingerprint density at radius 3 is 2.28 bits per heavy atom. The van der Waals surface area contributed by atoms with Gasteiger partial charge in [0.1, 0.15) is 5.82 Å². The number of imidazole rings is 1. The first-order valence-electron chi connectivity index (χ1n) is 4.94. The first-order valence-corrected chi connectivity index (χ1v) is 4.94. The number of hydrogen-bond acceptors (Lipinski definition) is 2. The van der Waals surface area contributed by atoms with Gasteiger partial charge in [-0.05, 0) is 24.3 Å². The molecule has 0 unspecified atom stereocenters. The van der Waals surface area contributed by atoms with E-state index in [4.69, 9.17) is 5.11 Å². The fraction of sp³-hybridized carbons (Fsp3) is 0.182. The Bertz CT molecular complexity index is 545. The molecule has 18 heavy (non-hydrogen) atoms. The lowest BCUT2D eigenvalue weighted by atomic mass is 10.1. The van der Waals surface area contributed by atoms with Crippen molar-refractivity contribution in [3.05, 3.63) is 41.6 Å². The van der Waals surface area contributed by atoms with Gasteiger partial charge >= 0.3 is 6.18 Å². The predicted molar refractivity (Wildman–Crippen MR) is 54.9 cm³/mol. The van der Waals surface area contributed by atoms with Crippen LogP contribution in [0.15, 0.2) is 24.3 Å². The minimum Gasteiger partial charge on any atom is -0.390 e. The molecule has 0 aliphatic heterocycles. The number of aliphatic hydroxyl groups is 1. The highest BCUT2D eigenvalue weighted by Crippen LogP contribution is 2.31. The summed E-state index contributed by atoms with van der Waals surface area (Å²) < 4.78 is 50.1. The molecule has 0 aliphatic rings. The number of halogens is 4. The predicted octanol–water partition coefficient (Wildman–Crippen LogP) is 2.73. The van der Waals surface area contributed by atoms with Crippen LogP contribution in [0.3, 0.4) is 0 Å². The Kier molecular flexibility index (Phi) is 3.08. The molecule has 0 radical (unpaired) electrons. The normalized spacial score (nSPS) is 11.8. The summed E-state index contributed by atoms with van der Waals surface area (Å²) in [4.78, 5) is 5.39. The molecule has 2 aromatic rings. The van der Waals surface area contributed by atoms with Crippen molar-refractivity contribution in [1.29, 1.82) is 0 Å². The zero-order valence-corrected chi connectivity index (χ0v) is 8.92. The van der Waals surface area contributed by atoms with E-state index in [0.717, 1.165) is 12.1 Å². The molecule has 2 rings (SSSR count). The van der Waals surface area contributed by atoms with Gasteiger partial charge in [-0.1, -0.05) is 0 Å². The van der Waals surface area contributed by atoms with Gasteiger partial charge in [0.25, 0.3) is 0 Å². The fourth-order valence-corrected chi connectivity index (χ4v) is 1.50. The quantitative estimate of drug-likeness (QED) is 0.815. The van der Waals surface area contributed by atoms with Crippen molar-refractivity contribution in [1.82, 2.24) is 9.97 Å². The zero-order valence-electron chi connectivity index (χ0n) is 8.92. The standard InChI is InChI=1S/C11H8F4N2O/c12-7-3-1-6(2-4-7)9-8(5-18)16-10(17-9)11(13,14)15/h1-4,18H,5H2,(H,16,17). The maximum Gasteiger partial charge on any atom is 0.449 e. The van der Waals surface area contributed by atoms with Gasteiger partial charge in [0.2, 0.25) is 5.82 Å². The highest BCUT2D eigenvalue weighted by molar-refractivity contribution is 5.62. The number of hydrogen-bond donors (Lipinski definition) is 2. The van der Waals surface area contributed by atoms with E-state index in [2.05, 4.69) is 4.98 Å². The first kappa shape index (κ1) is 12.6. The smallest absolute Gasteiger partial charge is 0.390 e. The molecule has 0 spiro atoms. The molecule has 7 heteroatoms. The third-order valence-corrected chi connectivity index (χ3v) is 2.32. The Labute approximate surface area is 99.1 Å². The third-order valence-electron chi connectivity index (χ3n) is 2.32. The van der Waals surface area contributed by atoms with Crippen molar-refractivity contribution in [3.8, 4) is 11.3 Å². The van der Waals surface area contributed by atoms with Gasteiger partial charge in [-0.15, -0.1) is 0 Å². The van der Waals surface area contributed by atoms with Crippen molar-refractivity contribution in [2.75, 3.05) is 0 Å². The van der Waals surface area contributed by atoms with Crippen LogP contribution in [-0.4, -0.2) is 15.1 Å². The largest absolute Gasteiger partial charge is 0.449 e. The van der Waals surface area contributed by atoms with Gasteiger partial charge in [0.15, 0.2) is 0 Å². The molecule has 0 amide bonds. The van der Waals surface area contributed by atoms with Gasteiger partial charge in [0.05, 0.1) is 18.0 Å². The van der Waals surface area contributed by atoms with E-state index < -0.39 is 24.4 Å². The average Bonchev–Trinajstić information content (AvgIpc) is 2.73. The van der Waals surface area contributed by atoms with E-state index in [1.807, 2.05) is 4.98 Å². The molecule has 1 heterocycles. The second-order valence-electron chi connectivity index (χ2n) is 3.58. The maximum atomic E-state index is 12.7. The maximum absolute atomic E-state index is 12.7. The Balaban J connectivity index is 2.50. The molecule has 0 bridgehead atoms. The third kappa shape index (κ3) is 2.35. The number of aromatic nitrogens is 2. The van der Waals surface area contributed by atoms with E-state index in [0.29, 0.717) is 5.56 Å². The topological polar surface area (TPSA) is 48.9 Å². The van der Waals surface area contributed by atoms with Crippen LogP contribution in [0.1, 0.15) is 11.5 Å². The summed E-state index contributed by atoms with van der Waals surface area (Å²) in [7, 11) is 0. The van der Waals surface area contributed by atoms with Crippen molar-refractivity contribution < 1.29 is 22.7 Å². The van der Waals surface area contributed by atoms with Crippen LogP contribution in [0, 0.1) is 5.82 Å². The summed E-state index contributed by atoms with van der Waals surface area (Å²) in [6.45, 7) is -0.615. The highest BCUT2D eigenvalue weighted by atomic mass is 19.4. The molecule has 0 saturated heterocycles. The second-order valence-corrected chi connectivity index (χ2v) is 3.58. The SMILES string of the molecule is OCc1[nH]c(C(F)(F)F)nc1-c1ccc(F)cc1. The fourth-order valence-electron chi connectivity index (χ4n) is 1.50. The van der Waals surface area contributed by atoms with Gasteiger partial charge in [-0.25, -0.2) is 9.37 Å². The van der Waals surface area contributed by atoms with E-state index in [9.17, 15) is 17.6 Å². The van der Waals surface area contributed by atoms with Crippen LogP contribution in [0.2, 0.25) is 0 Å². The zero-order chi connectivity index (χ0) is 13.3. The van der Waals surface area contributed by atoms with Gasteiger partial charge in [0, 0.05) is 5.56 Å². The van der Waals surface area contributed by atoms with E-state index in [1.165, 1.54) is 12.1 Å².